The molecule has 0 unspecified atom stereocenters. The predicted molar refractivity (Wildman–Crippen MR) is 78.9 cm³/mol. The molecule has 21 heavy (non-hydrogen) atoms. The van der Waals surface area contributed by atoms with Crippen LogP contribution in [0.3, 0.4) is 0 Å². The van der Waals surface area contributed by atoms with Crippen LogP contribution in [0.1, 0.15) is 21.7 Å². The zero-order chi connectivity index (χ0) is 14.2. The molecule has 0 spiro atoms. The summed E-state index contributed by atoms with van der Waals surface area (Å²) >= 11 is 0. The van der Waals surface area contributed by atoms with E-state index in [9.17, 15) is 4.79 Å². The van der Waals surface area contributed by atoms with Crippen molar-refractivity contribution < 1.29 is 9.32 Å². The molecule has 0 saturated heterocycles. The Morgan fingerprint density at radius 2 is 2.00 bits per heavy atom. The highest BCUT2D eigenvalue weighted by Crippen LogP contribution is 2.24. The number of aromatic nitrogens is 1. The van der Waals surface area contributed by atoms with Crippen molar-refractivity contribution in [2.75, 3.05) is 6.54 Å². The molecule has 4 heteroatoms. The number of amides is 1. The smallest absolute Gasteiger partial charge is 0.254 e. The molecular formula is C17H14N2O2. The monoisotopic (exact) mass is 278 g/mol. The van der Waals surface area contributed by atoms with E-state index >= 15 is 0 Å². The van der Waals surface area contributed by atoms with Crippen molar-refractivity contribution in [3.05, 3.63) is 65.5 Å². The second kappa shape index (κ2) is 4.74. The Labute approximate surface area is 122 Å². The van der Waals surface area contributed by atoms with Gasteiger partial charge in [-0.3, -0.25) is 4.79 Å². The lowest BCUT2D eigenvalue weighted by Crippen LogP contribution is -2.35. The van der Waals surface area contributed by atoms with E-state index in [-0.39, 0.29) is 5.91 Å². The summed E-state index contributed by atoms with van der Waals surface area (Å²) in [6.45, 7) is 1.24. The zero-order valence-electron chi connectivity index (χ0n) is 11.5. The summed E-state index contributed by atoms with van der Waals surface area (Å²) in [6, 6.07) is 13.8. The summed E-state index contributed by atoms with van der Waals surface area (Å²) in [6.07, 6.45) is 2.43. The van der Waals surface area contributed by atoms with E-state index in [2.05, 4.69) is 5.16 Å². The van der Waals surface area contributed by atoms with Gasteiger partial charge < -0.3 is 9.42 Å². The van der Waals surface area contributed by atoms with Crippen LogP contribution in [0.5, 0.6) is 0 Å². The molecule has 0 bridgehead atoms. The number of nitrogens with zero attached hydrogens (tertiary/aromatic N) is 2. The van der Waals surface area contributed by atoms with Gasteiger partial charge in [-0.05, 0) is 16.8 Å². The Bertz CT molecular complexity index is 817. The molecule has 0 atom stereocenters. The highest BCUT2D eigenvalue weighted by Gasteiger charge is 2.25. The van der Waals surface area contributed by atoms with Crippen molar-refractivity contribution in [3.63, 3.8) is 0 Å². The lowest BCUT2D eigenvalue weighted by atomic mass is 10.0. The third-order valence-corrected chi connectivity index (χ3v) is 4.01. The second-order valence-corrected chi connectivity index (χ2v) is 5.28. The van der Waals surface area contributed by atoms with Crippen LogP contribution >= 0.6 is 0 Å². The molecule has 2 aromatic carbocycles. The van der Waals surface area contributed by atoms with Crippen molar-refractivity contribution in [1.29, 1.82) is 0 Å². The van der Waals surface area contributed by atoms with Crippen molar-refractivity contribution in [1.82, 2.24) is 10.1 Å². The molecule has 4 rings (SSSR count). The van der Waals surface area contributed by atoms with Crippen LogP contribution in [0.25, 0.3) is 10.8 Å². The molecule has 0 N–H and O–H groups in total. The number of carbonyl (C=O) groups is 1. The first-order valence-electron chi connectivity index (χ1n) is 7.02. The zero-order valence-corrected chi connectivity index (χ0v) is 11.5. The van der Waals surface area contributed by atoms with Gasteiger partial charge in [0.05, 0.1) is 12.7 Å². The second-order valence-electron chi connectivity index (χ2n) is 5.28. The molecule has 3 aromatic rings. The fraction of sp³-hybridized carbons (Fsp3) is 0.176. The van der Waals surface area contributed by atoms with E-state index in [0.717, 1.165) is 34.1 Å². The van der Waals surface area contributed by atoms with Gasteiger partial charge in [0.15, 0.2) is 0 Å². The fourth-order valence-electron chi connectivity index (χ4n) is 2.90. The van der Waals surface area contributed by atoms with Crippen LogP contribution in [0.15, 0.2) is 53.2 Å². The van der Waals surface area contributed by atoms with Crippen LogP contribution in [-0.2, 0) is 13.0 Å². The fourth-order valence-corrected chi connectivity index (χ4v) is 2.90. The summed E-state index contributed by atoms with van der Waals surface area (Å²) in [5, 5.41) is 5.90. The SMILES string of the molecule is O=C(c1cccc2ccccc12)N1CCc2oncc2C1. The highest BCUT2D eigenvalue weighted by atomic mass is 16.5. The highest BCUT2D eigenvalue weighted by molar-refractivity contribution is 6.07. The quantitative estimate of drug-likeness (QED) is 0.687. The van der Waals surface area contributed by atoms with Gasteiger partial charge in [-0.1, -0.05) is 41.6 Å². The van der Waals surface area contributed by atoms with Gasteiger partial charge >= 0.3 is 0 Å². The Kier molecular flexibility index (Phi) is 2.74. The molecule has 0 aliphatic carbocycles. The van der Waals surface area contributed by atoms with E-state index in [0.29, 0.717) is 13.1 Å². The maximum atomic E-state index is 12.8. The standard InChI is InChI=1S/C17H14N2O2/c20-17(19-9-8-16-13(11-19)10-18-21-16)15-7-3-5-12-4-1-2-6-14(12)15/h1-7,10H,8-9,11H2. The maximum Gasteiger partial charge on any atom is 0.254 e. The van der Waals surface area contributed by atoms with Crippen molar-refractivity contribution >= 4 is 16.7 Å². The first-order valence-corrected chi connectivity index (χ1v) is 7.02. The first kappa shape index (κ1) is 12.1. The average molecular weight is 278 g/mol. The lowest BCUT2D eigenvalue weighted by Gasteiger charge is -2.26. The number of hydrogen-bond acceptors (Lipinski definition) is 3. The molecule has 0 saturated carbocycles. The number of carbonyl (C=O) groups excluding carboxylic acids is 1. The van der Waals surface area contributed by atoms with Gasteiger partial charge in [-0.25, -0.2) is 0 Å². The number of fused-ring (bicyclic) bond motifs is 2. The summed E-state index contributed by atoms with van der Waals surface area (Å²) in [5.74, 6) is 0.968. The molecule has 104 valence electrons. The Hall–Kier alpha value is -2.62. The Balaban J connectivity index is 1.71. The molecule has 1 aliphatic heterocycles. The summed E-state index contributed by atoms with van der Waals surface area (Å²) in [7, 11) is 0. The van der Waals surface area contributed by atoms with E-state index in [1.807, 2.05) is 47.4 Å². The third-order valence-electron chi connectivity index (χ3n) is 4.01. The largest absolute Gasteiger partial charge is 0.361 e. The lowest BCUT2D eigenvalue weighted by molar-refractivity contribution is 0.0731. The van der Waals surface area contributed by atoms with E-state index in [1.165, 1.54) is 0 Å². The number of hydrogen-bond donors (Lipinski definition) is 0. The first-order chi connectivity index (χ1) is 10.3. The molecule has 1 aliphatic rings. The summed E-state index contributed by atoms with van der Waals surface area (Å²) in [4.78, 5) is 14.7. The maximum absolute atomic E-state index is 12.8. The van der Waals surface area contributed by atoms with Crippen molar-refractivity contribution in [3.8, 4) is 0 Å². The molecule has 1 aromatic heterocycles. The normalized spacial score (nSPS) is 14.2. The van der Waals surface area contributed by atoms with Gasteiger partial charge in [-0.2, -0.15) is 0 Å². The van der Waals surface area contributed by atoms with Crippen molar-refractivity contribution in [2.24, 2.45) is 0 Å². The van der Waals surface area contributed by atoms with Crippen LogP contribution in [0, 0.1) is 0 Å². The molecule has 0 fully saturated rings. The molecule has 4 nitrogen and oxygen atoms in total. The van der Waals surface area contributed by atoms with E-state index in [4.69, 9.17) is 4.52 Å². The molecule has 2 heterocycles. The van der Waals surface area contributed by atoms with Gasteiger partial charge in [0.25, 0.3) is 5.91 Å². The minimum absolute atomic E-state index is 0.0682. The topological polar surface area (TPSA) is 46.3 Å². The Morgan fingerprint density at radius 1 is 1.14 bits per heavy atom. The van der Waals surface area contributed by atoms with Crippen LogP contribution < -0.4 is 0 Å². The molecular weight excluding hydrogens is 264 g/mol. The predicted octanol–water partition coefficient (Wildman–Crippen LogP) is 3.03. The van der Waals surface area contributed by atoms with Crippen LogP contribution in [0.4, 0.5) is 0 Å². The van der Waals surface area contributed by atoms with Gasteiger partial charge in [0, 0.05) is 24.1 Å². The summed E-state index contributed by atoms with van der Waals surface area (Å²) in [5.41, 5.74) is 1.77. The van der Waals surface area contributed by atoms with Gasteiger partial charge in [0.2, 0.25) is 0 Å². The Morgan fingerprint density at radius 3 is 2.95 bits per heavy atom. The molecule has 0 radical (unpaired) electrons. The number of benzene rings is 2. The van der Waals surface area contributed by atoms with E-state index < -0.39 is 0 Å². The third kappa shape index (κ3) is 2.00. The number of rotatable bonds is 1. The summed E-state index contributed by atoms with van der Waals surface area (Å²) < 4.78 is 5.17. The van der Waals surface area contributed by atoms with E-state index in [1.54, 1.807) is 6.20 Å². The molecule has 1 amide bonds. The van der Waals surface area contributed by atoms with Gasteiger partial charge in [0.1, 0.15) is 5.76 Å². The van der Waals surface area contributed by atoms with Gasteiger partial charge in [-0.15, -0.1) is 0 Å². The minimum Gasteiger partial charge on any atom is -0.361 e. The van der Waals surface area contributed by atoms with Crippen LogP contribution in [-0.4, -0.2) is 22.5 Å². The minimum atomic E-state index is 0.0682. The average Bonchev–Trinajstić information content (AvgIpc) is 3.01. The van der Waals surface area contributed by atoms with Crippen LogP contribution in [0.2, 0.25) is 0 Å². The van der Waals surface area contributed by atoms with Crippen molar-refractivity contribution in [2.45, 2.75) is 13.0 Å².